The Balaban J connectivity index is 1.74. The van der Waals surface area contributed by atoms with Crippen molar-refractivity contribution >= 4 is 83.7 Å². The van der Waals surface area contributed by atoms with Crippen LogP contribution in [0.4, 0.5) is 17.1 Å². The predicted molar refractivity (Wildman–Crippen MR) is 148 cm³/mol. The molecule has 7 aromatic rings. The van der Waals surface area contributed by atoms with E-state index in [4.69, 9.17) is 13.3 Å². The van der Waals surface area contributed by atoms with Crippen LogP contribution in [-0.2, 0) is 0 Å². The Morgan fingerprint density at radius 3 is 0.976 bits per heavy atom. The Morgan fingerprint density at radius 1 is 0.429 bits per heavy atom. The van der Waals surface area contributed by atoms with Gasteiger partial charge in [0.1, 0.15) is 16.6 Å². The van der Waals surface area contributed by atoms with Gasteiger partial charge in [0, 0.05) is 36.4 Å². The Morgan fingerprint density at radius 2 is 0.714 bits per heavy atom. The Bertz CT molecular complexity index is 2160. The molecule has 4 aromatic heterocycles. The minimum absolute atomic E-state index is 0.00619. The molecule has 3 aromatic carbocycles. The van der Waals surface area contributed by atoms with Crippen LogP contribution in [-0.4, -0.2) is 29.7 Å². The molecule has 0 aliphatic carbocycles. The molecular weight excluding hydrogens is 552 g/mol. The van der Waals surface area contributed by atoms with Crippen molar-refractivity contribution in [3.63, 3.8) is 0 Å². The zero-order valence-electron chi connectivity index (χ0n) is 20.8. The lowest BCUT2D eigenvalue weighted by Gasteiger charge is -2.02. The summed E-state index contributed by atoms with van der Waals surface area (Å²) >= 11 is 0. The Labute approximate surface area is 230 Å². The first-order valence-electron chi connectivity index (χ1n) is 12.0. The lowest BCUT2D eigenvalue weighted by Crippen LogP contribution is -1.92. The van der Waals surface area contributed by atoms with Gasteiger partial charge in [-0.25, -0.2) is 15.0 Å². The van der Waals surface area contributed by atoms with Crippen molar-refractivity contribution in [2.45, 2.75) is 0 Å². The normalized spacial score (nSPS) is 11.4. The third kappa shape index (κ3) is 3.88. The topological polar surface area (TPSA) is 208 Å². The molecule has 4 heterocycles. The highest BCUT2D eigenvalue weighted by Crippen LogP contribution is 2.33. The number of fused-ring (bicyclic) bond motifs is 3. The van der Waals surface area contributed by atoms with Crippen LogP contribution in [0.25, 0.3) is 66.6 Å². The van der Waals surface area contributed by atoms with Crippen molar-refractivity contribution in [1.82, 2.24) is 15.0 Å². The number of nitro groups is 3. The van der Waals surface area contributed by atoms with E-state index in [1.165, 1.54) is 72.8 Å². The minimum atomic E-state index is -0.566. The van der Waals surface area contributed by atoms with Crippen molar-refractivity contribution in [2.75, 3.05) is 0 Å². The lowest BCUT2D eigenvalue weighted by atomic mass is 10.1. The molecule has 0 spiro atoms. The van der Waals surface area contributed by atoms with Crippen molar-refractivity contribution in [1.29, 1.82) is 0 Å². The molecule has 42 heavy (non-hydrogen) atoms. The van der Waals surface area contributed by atoms with Gasteiger partial charge in [-0.15, -0.1) is 0 Å². The first-order valence-corrected chi connectivity index (χ1v) is 12.0. The molecule has 0 radical (unpaired) electrons. The van der Waals surface area contributed by atoms with Gasteiger partial charge in [-0.1, -0.05) is 0 Å². The molecule has 0 unspecified atom stereocenters. The fourth-order valence-electron chi connectivity index (χ4n) is 4.71. The van der Waals surface area contributed by atoms with E-state index in [1.54, 1.807) is 0 Å². The highest BCUT2D eigenvalue weighted by atomic mass is 16.6. The van der Waals surface area contributed by atoms with Crippen LogP contribution in [0.2, 0.25) is 0 Å². The van der Waals surface area contributed by atoms with Crippen LogP contribution in [0, 0.1) is 30.3 Å². The summed E-state index contributed by atoms with van der Waals surface area (Å²) in [6.07, 6.45) is 0. The summed E-state index contributed by atoms with van der Waals surface area (Å²) in [5, 5.41) is 35.6. The van der Waals surface area contributed by atoms with E-state index in [2.05, 4.69) is 15.0 Å². The maximum absolute atomic E-state index is 11.7. The minimum Gasteiger partial charge on any atom is -0.437 e. The second-order valence-electron chi connectivity index (χ2n) is 8.96. The van der Waals surface area contributed by atoms with E-state index in [1.807, 2.05) is 0 Å². The summed E-state index contributed by atoms with van der Waals surface area (Å²) in [4.78, 5) is 46.8. The van der Waals surface area contributed by atoms with Gasteiger partial charge >= 0.3 is 0 Å². The van der Waals surface area contributed by atoms with Gasteiger partial charge < -0.3 is 13.3 Å². The van der Waals surface area contributed by atoms with E-state index in [-0.39, 0.29) is 83.7 Å². The number of pyridine rings is 3. The smallest absolute Gasteiger partial charge is 0.279 e. The van der Waals surface area contributed by atoms with Gasteiger partial charge in [-0.05, 0) is 36.4 Å². The third-order valence-corrected chi connectivity index (χ3v) is 6.55. The number of nitro benzene ring substituents is 3. The van der Waals surface area contributed by atoms with Gasteiger partial charge in [0.15, 0.2) is 16.7 Å². The van der Waals surface area contributed by atoms with Crippen LogP contribution in [0.3, 0.4) is 0 Å². The van der Waals surface area contributed by atoms with Gasteiger partial charge in [0.25, 0.3) is 17.1 Å². The number of benzene rings is 3. The van der Waals surface area contributed by atoms with Crippen LogP contribution in [0.15, 0.2) is 86.0 Å². The molecule has 15 heteroatoms. The summed E-state index contributed by atoms with van der Waals surface area (Å²) in [5.74, 6) is 0. The molecule has 15 nitrogen and oxygen atoms in total. The predicted octanol–water partition coefficient (Wildman–Crippen LogP) is 6.98. The van der Waals surface area contributed by atoms with Crippen molar-refractivity contribution < 1.29 is 28.0 Å². The highest BCUT2D eigenvalue weighted by Gasteiger charge is 2.19. The monoisotopic (exact) mass is 564 g/mol. The zero-order valence-corrected chi connectivity index (χ0v) is 20.8. The van der Waals surface area contributed by atoms with Crippen molar-refractivity contribution in [3.8, 4) is 0 Å². The number of aromatic nitrogens is 3. The number of nitrogens with zero attached hydrogens (tertiary/aromatic N) is 6. The van der Waals surface area contributed by atoms with Crippen LogP contribution < -0.4 is 0 Å². The molecule has 0 aliphatic heterocycles. The number of hydrogen-bond acceptors (Lipinski definition) is 12. The van der Waals surface area contributed by atoms with Gasteiger partial charge in [-0.2, -0.15) is 0 Å². The zero-order chi connectivity index (χ0) is 29.1. The molecule has 6 bridgehead atoms. The standard InChI is InChI=1S/C27H12N6O9/c34-31(35)16-4-7-19-25-13(16)1-10-22(28-25)40-20-8-5-17(32(36)37)14-3-12-24(30-26(14)20)42-21-9-6-18(33(38)39)15-2-11-23(41-19)29-27(15)21/h1-12H. The summed E-state index contributed by atoms with van der Waals surface area (Å²) in [6.45, 7) is 0. The van der Waals surface area contributed by atoms with Crippen molar-refractivity contribution in [3.05, 3.63) is 103 Å². The van der Waals surface area contributed by atoms with E-state index in [0.717, 1.165) is 0 Å². The molecule has 0 amide bonds. The summed E-state index contributed by atoms with van der Waals surface area (Å²) in [7, 11) is 0. The third-order valence-electron chi connectivity index (χ3n) is 6.55. The molecule has 0 aliphatic rings. The number of hydrogen-bond donors (Lipinski definition) is 0. The second kappa shape index (κ2) is 9.02. The van der Waals surface area contributed by atoms with E-state index < -0.39 is 14.8 Å². The quantitative estimate of drug-likeness (QED) is 0.157. The van der Waals surface area contributed by atoms with Gasteiger partial charge in [0.2, 0.25) is 17.1 Å². The summed E-state index contributed by atoms with van der Waals surface area (Å²) in [5.41, 5.74) is -0.279. The van der Waals surface area contributed by atoms with Crippen LogP contribution in [0.5, 0.6) is 0 Å². The summed E-state index contributed by atoms with van der Waals surface area (Å²) in [6, 6.07) is 16.3. The van der Waals surface area contributed by atoms with Crippen molar-refractivity contribution in [2.24, 2.45) is 0 Å². The first kappa shape index (κ1) is 24.5. The number of non-ortho nitro benzene ring substituents is 3. The van der Waals surface area contributed by atoms with Crippen LogP contribution >= 0.6 is 0 Å². The molecule has 0 N–H and O–H groups in total. The van der Waals surface area contributed by atoms with Gasteiger partial charge in [0.05, 0.1) is 30.9 Å². The average molecular weight is 564 g/mol. The average Bonchev–Trinajstić information content (AvgIpc) is 2.97. The Kier molecular flexibility index (Phi) is 5.27. The van der Waals surface area contributed by atoms with Crippen LogP contribution in [0.1, 0.15) is 0 Å². The largest absolute Gasteiger partial charge is 0.437 e. The lowest BCUT2D eigenvalue weighted by molar-refractivity contribution is -0.383. The molecule has 0 atom stereocenters. The maximum atomic E-state index is 11.7. The van der Waals surface area contributed by atoms with E-state index in [0.29, 0.717) is 0 Å². The second-order valence-corrected chi connectivity index (χ2v) is 8.96. The molecule has 0 saturated carbocycles. The molecule has 7 rings (SSSR count). The van der Waals surface area contributed by atoms with Gasteiger partial charge in [-0.3, -0.25) is 30.3 Å². The first-order chi connectivity index (χ1) is 20.3. The van der Waals surface area contributed by atoms with E-state index in [9.17, 15) is 30.3 Å². The molecule has 0 fully saturated rings. The fourth-order valence-corrected chi connectivity index (χ4v) is 4.71. The molecular formula is C27H12N6O9. The Hall–Kier alpha value is -6.51. The molecule has 204 valence electrons. The van der Waals surface area contributed by atoms with E-state index >= 15 is 0 Å². The maximum Gasteiger partial charge on any atom is 0.279 e. The number of rotatable bonds is 3. The highest BCUT2D eigenvalue weighted by molar-refractivity contribution is 6.01. The fraction of sp³-hybridized carbons (Fsp3) is 0. The molecule has 0 saturated heterocycles. The SMILES string of the molecule is O=[N+]([O-])c1ccc2oc3ccc4c([N+](=O)[O-])ccc(oc5ccc6c([N+](=O)[O-])ccc(oc7ccc1c2n7)c6n5)c4n3. The summed E-state index contributed by atoms with van der Waals surface area (Å²) < 4.78 is 18.0.